The summed E-state index contributed by atoms with van der Waals surface area (Å²) >= 11 is 0. The Morgan fingerprint density at radius 3 is 2.39 bits per heavy atom. The molecule has 0 unspecified atom stereocenters. The van der Waals surface area contributed by atoms with Gasteiger partial charge in [-0.15, -0.1) is 0 Å². The SMILES string of the molecule is CCN(CC)c1ccc(NC(=O)Nc2ccccc2N2CCOCC2)c(C)c1. The van der Waals surface area contributed by atoms with E-state index in [-0.39, 0.29) is 6.03 Å². The Morgan fingerprint density at radius 1 is 1.04 bits per heavy atom. The van der Waals surface area contributed by atoms with Crippen molar-refractivity contribution in [1.29, 1.82) is 0 Å². The summed E-state index contributed by atoms with van der Waals surface area (Å²) in [6.45, 7) is 11.3. The van der Waals surface area contributed by atoms with Gasteiger partial charge in [0.05, 0.1) is 24.6 Å². The fraction of sp³-hybridized carbons (Fsp3) is 0.409. The van der Waals surface area contributed by atoms with Crippen LogP contribution in [0, 0.1) is 6.92 Å². The van der Waals surface area contributed by atoms with Gasteiger partial charge >= 0.3 is 6.03 Å². The van der Waals surface area contributed by atoms with E-state index in [2.05, 4.69) is 46.4 Å². The maximum Gasteiger partial charge on any atom is 0.323 e. The molecule has 1 aliphatic heterocycles. The van der Waals surface area contributed by atoms with Gasteiger partial charge in [-0.2, -0.15) is 0 Å². The molecule has 1 aliphatic rings. The zero-order valence-corrected chi connectivity index (χ0v) is 17.0. The molecule has 28 heavy (non-hydrogen) atoms. The third-order valence-corrected chi connectivity index (χ3v) is 5.09. The molecule has 0 atom stereocenters. The van der Waals surface area contributed by atoms with E-state index in [0.717, 1.165) is 48.8 Å². The smallest absolute Gasteiger partial charge is 0.323 e. The predicted molar refractivity (Wildman–Crippen MR) is 117 cm³/mol. The molecule has 0 spiro atoms. The van der Waals surface area contributed by atoms with Crippen molar-refractivity contribution in [3.8, 4) is 0 Å². The van der Waals surface area contributed by atoms with E-state index in [1.54, 1.807) is 0 Å². The highest BCUT2D eigenvalue weighted by molar-refractivity contribution is 6.02. The van der Waals surface area contributed by atoms with Gasteiger partial charge in [0.25, 0.3) is 0 Å². The Kier molecular flexibility index (Phi) is 6.76. The van der Waals surface area contributed by atoms with E-state index < -0.39 is 0 Å². The topological polar surface area (TPSA) is 56.8 Å². The number of hydrogen-bond acceptors (Lipinski definition) is 4. The molecule has 0 radical (unpaired) electrons. The number of carbonyl (C=O) groups is 1. The van der Waals surface area contributed by atoms with Gasteiger partial charge in [-0.1, -0.05) is 12.1 Å². The molecule has 0 aliphatic carbocycles. The minimum atomic E-state index is -0.237. The van der Waals surface area contributed by atoms with Gasteiger partial charge in [-0.25, -0.2) is 4.79 Å². The maximum atomic E-state index is 12.6. The third-order valence-electron chi connectivity index (χ3n) is 5.09. The first-order chi connectivity index (χ1) is 13.6. The van der Waals surface area contributed by atoms with Crippen molar-refractivity contribution in [3.05, 3.63) is 48.0 Å². The molecule has 6 nitrogen and oxygen atoms in total. The summed E-state index contributed by atoms with van der Waals surface area (Å²) in [6, 6.07) is 13.8. The highest BCUT2D eigenvalue weighted by Gasteiger charge is 2.16. The highest BCUT2D eigenvalue weighted by Crippen LogP contribution is 2.27. The van der Waals surface area contributed by atoms with Gasteiger partial charge in [0.1, 0.15) is 0 Å². The molecule has 3 rings (SSSR count). The van der Waals surface area contributed by atoms with E-state index >= 15 is 0 Å². The third kappa shape index (κ3) is 4.75. The fourth-order valence-electron chi connectivity index (χ4n) is 3.51. The van der Waals surface area contributed by atoms with Crippen LogP contribution in [0.5, 0.6) is 0 Å². The number of amides is 2. The molecule has 6 heteroatoms. The number of aryl methyl sites for hydroxylation is 1. The number of carbonyl (C=O) groups excluding carboxylic acids is 1. The van der Waals surface area contributed by atoms with Crippen LogP contribution < -0.4 is 20.4 Å². The van der Waals surface area contributed by atoms with E-state index in [1.807, 2.05) is 37.3 Å². The van der Waals surface area contributed by atoms with E-state index in [1.165, 1.54) is 5.69 Å². The summed E-state index contributed by atoms with van der Waals surface area (Å²) < 4.78 is 5.43. The first-order valence-corrected chi connectivity index (χ1v) is 9.97. The highest BCUT2D eigenvalue weighted by atomic mass is 16.5. The maximum absolute atomic E-state index is 12.6. The minimum Gasteiger partial charge on any atom is -0.378 e. The van der Waals surface area contributed by atoms with Crippen LogP contribution in [0.3, 0.4) is 0 Å². The van der Waals surface area contributed by atoms with Crippen LogP contribution in [-0.4, -0.2) is 45.4 Å². The van der Waals surface area contributed by atoms with Crippen LogP contribution in [0.4, 0.5) is 27.5 Å². The lowest BCUT2D eigenvalue weighted by atomic mass is 10.1. The number of para-hydroxylation sites is 2. The van der Waals surface area contributed by atoms with E-state index in [9.17, 15) is 4.79 Å². The summed E-state index contributed by atoms with van der Waals surface area (Å²) in [5.41, 5.74) is 4.86. The van der Waals surface area contributed by atoms with Crippen LogP contribution in [0.1, 0.15) is 19.4 Å². The van der Waals surface area contributed by atoms with Gasteiger partial charge in [0.2, 0.25) is 0 Å². The zero-order chi connectivity index (χ0) is 19.9. The van der Waals surface area contributed by atoms with Crippen molar-refractivity contribution < 1.29 is 9.53 Å². The second-order valence-electron chi connectivity index (χ2n) is 6.87. The number of rotatable bonds is 6. The lowest BCUT2D eigenvalue weighted by Crippen LogP contribution is -2.37. The summed E-state index contributed by atoms with van der Waals surface area (Å²) in [7, 11) is 0. The number of benzene rings is 2. The Morgan fingerprint density at radius 2 is 1.71 bits per heavy atom. The molecule has 2 N–H and O–H groups in total. The van der Waals surface area contributed by atoms with Gasteiger partial charge in [0, 0.05) is 37.6 Å². The Bertz CT molecular complexity index is 799. The van der Waals surface area contributed by atoms with E-state index in [0.29, 0.717) is 13.2 Å². The second-order valence-corrected chi connectivity index (χ2v) is 6.87. The Balaban J connectivity index is 1.69. The van der Waals surface area contributed by atoms with Gasteiger partial charge in [-0.05, 0) is 56.7 Å². The number of hydrogen-bond donors (Lipinski definition) is 2. The Hall–Kier alpha value is -2.73. The van der Waals surface area contributed by atoms with Crippen LogP contribution in [0.2, 0.25) is 0 Å². The molecule has 0 bridgehead atoms. The van der Waals surface area contributed by atoms with Crippen LogP contribution in [0.25, 0.3) is 0 Å². The van der Waals surface area contributed by atoms with Crippen molar-refractivity contribution >= 4 is 28.8 Å². The first kappa shape index (κ1) is 20.0. The second kappa shape index (κ2) is 9.46. The van der Waals surface area contributed by atoms with Crippen LogP contribution in [0.15, 0.2) is 42.5 Å². The number of anilines is 4. The lowest BCUT2D eigenvalue weighted by molar-refractivity contribution is 0.123. The molecule has 2 amide bonds. The van der Waals surface area contributed by atoms with Crippen LogP contribution >= 0.6 is 0 Å². The molecule has 2 aromatic carbocycles. The van der Waals surface area contributed by atoms with Gasteiger partial charge < -0.3 is 25.2 Å². The number of nitrogens with one attached hydrogen (secondary N) is 2. The molecule has 1 fully saturated rings. The van der Waals surface area contributed by atoms with Gasteiger partial charge in [0.15, 0.2) is 0 Å². The monoisotopic (exact) mass is 382 g/mol. The van der Waals surface area contributed by atoms with Gasteiger partial charge in [-0.3, -0.25) is 0 Å². The lowest BCUT2D eigenvalue weighted by Gasteiger charge is -2.30. The molecule has 0 aromatic heterocycles. The normalized spacial score (nSPS) is 13.9. The number of nitrogens with zero attached hydrogens (tertiary/aromatic N) is 2. The summed E-state index contributed by atoms with van der Waals surface area (Å²) in [4.78, 5) is 17.2. The molecule has 0 saturated carbocycles. The number of ether oxygens (including phenoxy) is 1. The molecular weight excluding hydrogens is 352 g/mol. The van der Waals surface area contributed by atoms with Crippen molar-refractivity contribution in [2.75, 3.05) is 59.8 Å². The summed E-state index contributed by atoms with van der Waals surface area (Å²) in [6.07, 6.45) is 0. The summed E-state index contributed by atoms with van der Waals surface area (Å²) in [5.74, 6) is 0. The van der Waals surface area contributed by atoms with Crippen molar-refractivity contribution in [1.82, 2.24) is 0 Å². The molecule has 2 aromatic rings. The average molecular weight is 383 g/mol. The Labute approximate surface area is 167 Å². The first-order valence-electron chi connectivity index (χ1n) is 9.97. The predicted octanol–water partition coefficient (Wildman–Crippen LogP) is 4.32. The summed E-state index contributed by atoms with van der Waals surface area (Å²) in [5, 5.41) is 5.98. The molecule has 1 heterocycles. The van der Waals surface area contributed by atoms with Crippen molar-refractivity contribution in [3.63, 3.8) is 0 Å². The standard InChI is InChI=1S/C22H30N4O2/c1-4-25(5-2)18-10-11-19(17(3)16-18)23-22(27)24-20-8-6-7-9-21(20)26-12-14-28-15-13-26/h6-11,16H,4-5,12-15H2,1-3H3,(H2,23,24,27). The minimum absolute atomic E-state index is 0.237. The van der Waals surface area contributed by atoms with Crippen molar-refractivity contribution in [2.24, 2.45) is 0 Å². The quantitative estimate of drug-likeness (QED) is 0.781. The molecule has 150 valence electrons. The molecular formula is C22H30N4O2. The van der Waals surface area contributed by atoms with Crippen molar-refractivity contribution in [2.45, 2.75) is 20.8 Å². The van der Waals surface area contributed by atoms with E-state index in [4.69, 9.17) is 4.74 Å². The zero-order valence-electron chi connectivity index (χ0n) is 17.0. The molecule has 1 saturated heterocycles. The van der Waals surface area contributed by atoms with Crippen LogP contribution in [-0.2, 0) is 4.74 Å². The largest absolute Gasteiger partial charge is 0.378 e. The average Bonchev–Trinajstić information content (AvgIpc) is 2.72. The fourth-order valence-corrected chi connectivity index (χ4v) is 3.51. The number of morpholine rings is 1. The number of urea groups is 1.